The minimum Gasteiger partial charge on any atom is -0.381 e. The van der Waals surface area contributed by atoms with Gasteiger partial charge in [0.1, 0.15) is 5.82 Å². The molecular formula is C23H20ClFN2O2. The van der Waals surface area contributed by atoms with Crippen LogP contribution in [0.15, 0.2) is 48.7 Å². The number of ether oxygens (including phenoxy) is 1. The molecule has 2 aliphatic rings. The van der Waals surface area contributed by atoms with E-state index < -0.39 is 5.82 Å². The van der Waals surface area contributed by atoms with Crippen LogP contribution in [0.4, 0.5) is 4.39 Å². The van der Waals surface area contributed by atoms with Crippen LogP contribution in [0.1, 0.15) is 23.2 Å². The lowest BCUT2D eigenvalue weighted by Crippen LogP contribution is -2.60. The number of amides is 1. The van der Waals surface area contributed by atoms with E-state index in [9.17, 15) is 9.18 Å². The molecule has 0 atom stereocenters. The highest BCUT2D eigenvalue weighted by molar-refractivity contribution is 6.35. The van der Waals surface area contributed by atoms with Crippen LogP contribution in [0.3, 0.4) is 0 Å². The first-order chi connectivity index (χ1) is 14.0. The number of carbonyl (C=O) groups excluding carboxylic acids is 1. The van der Waals surface area contributed by atoms with Crippen LogP contribution >= 0.6 is 11.6 Å². The molecule has 29 heavy (non-hydrogen) atoms. The normalized spacial score (nSPS) is 18.1. The number of carbonyl (C=O) groups is 1. The van der Waals surface area contributed by atoms with Gasteiger partial charge in [-0.3, -0.25) is 9.78 Å². The Morgan fingerprint density at radius 1 is 1.10 bits per heavy atom. The van der Waals surface area contributed by atoms with Crippen molar-refractivity contribution in [3.63, 3.8) is 0 Å². The van der Waals surface area contributed by atoms with E-state index in [0.717, 1.165) is 44.5 Å². The maximum absolute atomic E-state index is 14.9. The van der Waals surface area contributed by atoms with Crippen molar-refractivity contribution < 1.29 is 13.9 Å². The first-order valence-corrected chi connectivity index (χ1v) is 10.1. The van der Waals surface area contributed by atoms with E-state index in [1.807, 2.05) is 23.1 Å². The molecule has 4 nitrogen and oxygen atoms in total. The lowest BCUT2D eigenvalue weighted by molar-refractivity contribution is -0.0666. The summed E-state index contributed by atoms with van der Waals surface area (Å²) in [5.41, 5.74) is 2.43. The number of hydrogen-bond donors (Lipinski definition) is 0. The standard InChI is InChI=1S/C23H20ClFN2O2/c24-19-5-8-26-21-12-15(1-4-18(19)21)17-3-2-16(11-20(17)25)22(28)27-13-23(14-27)6-9-29-10-7-23/h1-5,8,11-12H,6-7,9-10,13-14H2. The van der Waals surface area contributed by atoms with Crippen molar-refractivity contribution in [2.24, 2.45) is 5.41 Å². The molecule has 2 fully saturated rings. The maximum Gasteiger partial charge on any atom is 0.253 e. The van der Waals surface area contributed by atoms with E-state index in [1.54, 1.807) is 24.4 Å². The second-order valence-corrected chi connectivity index (χ2v) is 8.40. The highest BCUT2D eigenvalue weighted by Gasteiger charge is 2.45. The van der Waals surface area contributed by atoms with Gasteiger partial charge in [-0.25, -0.2) is 4.39 Å². The van der Waals surface area contributed by atoms with Gasteiger partial charge in [0.25, 0.3) is 5.91 Å². The first kappa shape index (κ1) is 18.5. The number of hydrogen-bond acceptors (Lipinski definition) is 3. The highest BCUT2D eigenvalue weighted by Crippen LogP contribution is 2.40. The molecule has 0 saturated carbocycles. The van der Waals surface area contributed by atoms with E-state index in [-0.39, 0.29) is 11.3 Å². The number of nitrogens with zero attached hydrogens (tertiary/aromatic N) is 2. The van der Waals surface area contributed by atoms with Gasteiger partial charge in [0.2, 0.25) is 0 Å². The predicted octanol–water partition coefficient (Wildman–Crippen LogP) is 4.95. The Bertz CT molecular complexity index is 1100. The van der Waals surface area contributed by atoms with E-state index in [1.165, 1.54) is 6.07 Å². The Hall–Kier alpha value is -2.50. The van der Waals surface area contributed by atoms with Crippen LogP contribution < -0.4 is 0 Å². The fraction of sp³-hybridized carbons (Fsp3) is 0.304. The van der Waals surface area contributed by atoms with E-state index in [2.05, 4.69) is 4.98 Å². The van der Waals surface area contributed by atoms with Crippen LogP contribution in [0.25, 0.3) is 22.0 Å². The average molecular weight is 411 g/mol. The summed E-state index contributed by atoms with van der Waals surface area (Å²) in [6.45, 7) is 2.99. The third-order valence-electron chi connectivity index (χ3n) is 6.11. The van der Waals surface area contributed by atoms with Crippen LogP contribution in [-0.4, -0.2) is 42.1 Å². The van der Waals surface area contributed by atoms with Crippen molar-refractivity contribution >= 4 is 28.4 Å². The number of benzene rings is 2. The zero-order chi connectivity index (χ0) is 20.0. The number of pyridine rings is 1. The summed E-state index contributed by atoms with van der Waals surface area (Å²) >= 11 is 6.18. The van der Waals surface area contributed by atoms with E-state index in [0.29, 0.717) is 27.2 Å². The fourth-order valence-corrected chi connectivity index (χ4v) is 4.59. The Balaban J connectivity index is 1.37. The molecule has 2 aliphatic heterocycles. The quantitative estimate of drug-likeness (QED) is 0.600. The predicted molar refractivity (Wildman–Crippen MR) is 111 cm³/mol. The molecule has 1 amide bonds. The van der Waals surface area contributed by atoms with Crippen LogP contribution in [0.2, 0.25) is 5.02 Å². The van der Waals surface area contributed by atoms with Gasteiger partial charge in [0.15, 0.2) is 0 Å². The van der Waals surface area contributed by atoms with Crippen molar-refractivity contribution in [3.05, 3.63) is 65.1 Å². The molecule has 3 heterocycles. The van der Waals surface area contributed by atoms with E-state index >= 15 is 0 Å². The SMILES string of the molecule is O=C(c1ccc(-c2ccc3c(Cl)ccnc3c2)c(F)c1)N1CC2(CCOCC2)C1. The molecule has 0 N–H and O–H groups in total. The Kier molecular flexibility index (Phi) is 4.52. The minimum absolute atomic E-state index is 0.112. The van der Waals surface area contributed by atoms with Gasteiger partial charge < -0.3 is 9.64 Å². The molecule has 5 rings (SSSR count). The smallest absolute Gasteiger partial charge is 0.253 e. The third-order valence-corrected chi connectivity index (χ3v) is 6.44. The van der Waals surface area contributed by atoms with Crippen molar-refractivity contribution in [3.8, 4) is 11.1 Å². The van der Waals surface area contributed by atoms with Gasteiger partial charge in [-0.15, -0.1) is 0 Å². The van der Waals surface area contributed by atoms with Crippen LogP contribution in [-0.2, 0) is 4.74 Å². The zero-order valence-electron chi connectivity index (χ0n) is 15.8. The summed E-state index contributed by atoms with van der Waals surface area (Å²) in [4.78, 5) is 18.9. The summed E-state index contributed by atoms with van der Waals surface area (Å²) in [5, 5.41) is 1.43. The van der Waals surface area contributed by atoms with Crippen molar-refractivity contribution in [2.75, 3.05) is 26.3 Å². The highest BCUT2D eigenvalue weighted by atomic mass is 35.5. The minimum atomic E-state index is -0.418. The second-order valence-electron chi connectivity index (χ2n) is 7.99. The van der Waals surface area contributed by atoms with Gasteiger partial charge in [0, 0.05) is 54.4 Å². The van der Waals surface area contributed by atoms with Crippen molar-refractivity contribution in [1.82, 2.24) is 9.88 Å². The topological polar surface area (TPSA) is 42.4 Å². The average Bonchev–Trinajstić information content (AvgIpc) is 2.72. The van der Waals surface area contributed by atoms with Gasteiger partial charge in [-0.05, 0) is 42.7 Å². The molecule has 6 heteroatoms. The van der Waals surface area contributed by atoms with Crippen molar-refractivity contribution in [1.29, 1.82) is 0 Å². The largest absolute Gasteiger partial charge is 0.381 e. The number of fused-ring (bicyclic) bond motifs is 1. The molecule has 1 aromatic heterocycles. The summed E-state index contributed by atoms with van der Waals surface area (Å²) in [7, 11) is 0. The molecule has 0 radical (unpaired) electrons. The molecule has 148 valence electrons. The number of halogens is 2. The Labute approximate surface area is 173 Å². The van der Waals surface area contributed by atoms with Gasteiger partial charge in [-0.1, -0.05) is 29.8 Å². The van der Waals surface area contributed by atoms with Crippen molar-refractivity contribution in [2.45, 2.75) is 12.8 Å². The summed E-state index contributed by atoms with van der Waals surface area (Å²) < 4.78 is 20.3. The lowest BCUT2D eigenvalue weighted by Gasteiger charge is -2.52. The Morgan fingerprint density at radius 3 is 2.66 bits per heavy atom. The molecule has 3 aromatic rings. The molecule has 2 saturated heterocycles. The number of rotatable bonds is 2. The maximum atomic E-state index is 14.9. The monoisotopic (exact) mass is 410 g/mol. The van der Waals surface area contributed by atoms with E-state index in [4.69, 9.17) is 16.3 Å². The molecular weight excluding hydrogens is 391 g/mol. The molecule has 0 bridgehead atoms. The number of aromatic nitrogens is 1. The zero-order valence-corrected chi connectivity index (χ0v) is 16.6. The second kappa shape index (κ2) is 7.08. The third kappa shape index (κ3) is 3.28. The lowest BCUT2D eigenvalue weighted by atomic mass is 9.73. The molecule has 0 unspecified atom stereocenters. The fourth-order valence-electron chi connectivity index (χ4n) is 4.37. The van der Waals surface area contributed by atoms with Gasteiger partial charge >= 0.3 is 0 Å². The molecule has 1 spiro atoms. The van der Waals surface area contributed by atoms with Gasteiger partial charge in [-0.2, -0.15) is 0 Å². The number of likely N-dealkylation sites (tertiary alicyclic amines) is 1. The Morgan fingerprint density at radius 2 is 1.90 bits per heavy atom. The molecule has 0 aliphatic carbocycles. The summed E-state index contributed by atoms with van der Waals surface area (Å²) in [5.74, 6) is -0.530. The first-order valence-electron chi connectivity index (χ1n) is 9.76. The van der Waals surface area contributed by atoms with Crippen LogP contribution in [0, 0.1) is 11.2 Å². The summed E-state index contributed by atoms with van der Waals surface area (Å²) in [6, 6.07) is 11.9. The van der Waals surface area contributed by atoms with Crippen LogP contribution in [0.5, 0.6) is 0 Å². The molecule has 2 aromatic carbocycles. The van der Waals surface area contributed by atoms with Gasteiger partial charge in [0.05, 0.1) is 10.5 Å². The summed E-state index contributed by atoms with van der Waals surface area (Å²) in [6.07, 6.45) is 3.61.